The van der Waals surface area contributed by atoms with E-state index in [4.69, 9.17) is 18.8 Å². The van der Waals surface area contributed by atoms with E-state index in [1.54, 1.807) is 18.2 Å². The molecule has 0 fully saturated rings. The molecule has 6 nitrogen and oxygen atoms in total. The van der Waals surface area contributed by atoms with Crippen LogP contribution in [-0.2, 0) is 10.8 Å². The maximum atomic E-state index is 9.45. The molecule has 3 aromatic carbocycles. The molecule has 0 atom stereocenters. The van der Waals surface area contributed by atoms with Crippen LogP contribution in [0.4, 0.5) is 0 Å². The zero-order valence-corrected chi connectivity index (χ0v) is 23.0. The molecule has 3 rings (SSSR count). The van der Waals surface area contributed by atoms with Crippen molar-refractivity contribution in [2.45, 2.75) is 59.3 Å². The van der Waals surface area contributed by atoms with Crippen LogP contribution in [0.2, 0.25) is 0 Å². The average Bonchev–Trinajstić information content (AvgIpc) is 2.71. The fourth-order valence-electron chi connectivity index (χ4n) is 4.30. The van der Waals surface area contributed by atoms with E-state index in [-0.39, 0.29) is 10.8 Å². The van der Waals surface area contributed by atoms with Crippen LogP contribution in [0.3, 0.4) is 0 Å². The maximum Gasteiger partial charge on any atom is 0.391 e. The first-order chi connectivity index (χ1) is 16.2. The number of hydrogen-bond donors (Lipinski definition) is 4. The van der Waals surface area contributed by atoms with Gasteiger partial charge in [-0.3, -0.25) is 0 Å². The van der Waals surface area contributed by atoms with Gasteiger partial charge in [-0.2, -0.15) is 0 Å². The lowest BCUT2D eigenvalue weighted by Crippen LogP contribution is -2.19. The summed E-state index contributed by atoms with van der Waals surface area (Å²) in [5, 5.41) is 0. The van der Waals surface area contributed by atoms with Gasteiger partial charge in [0.1, 0.15) is 11.5 Å². The Kier molecular flexibility index (Phi) is 8.28. The first-order valence-electron chi connectivity index (χ1n) is 11.3. The van der Waals surface area contributed by atoms with Crippen molar-refractivity contribution in [1.29, 1.82) is 0 Å². The van der Waals surface area contributed by atoms with E-state index in [1.165, 1.54) is 16.7 Å². The van der Waals surface area contributed by atoms with Gasteiger partial charge in [0.25, 0.3) is 0 Å². The van der Waals surface area contributed by atoms with Gasteiger partial charge < -0.3 is 28.6 Å². The highest BCUT2D eigenvalue weighted by molar-refractivity contribution is 7.40. The number of benzene rings is 3. The quantitative estimate of drug-likeness (QED) is 0.261. The molecule has 3 aromatic rings. The third-order valence-electron chi connectivity index (χ3n) is 5.80. The molecule has 0 aromatic heterocycles. The maximum absolute atomic E-state index is 9.45. The van der Waals surface area contributed by atoms with Crippen LogP contribution in [0.25, 0.3) is 22.3 Å². The summed E-state index contributed by atoms with van der Waals surface area (Å²) in [4.78, 5) is 37.2. The van der Waals surface area contributed by atoms with Crippen molar-refractivity contribution in [3.63, 3.8) is 0 Å². The Labute approximate surface area is 210 Å². The summed E-state index contributed by atoms with van der Waals surface area (Å²) in [7, 11) is -5.05. The Hall–Kier alpha value is -2.04. The first kappa shape index (κ1) is 27.5. The predicted octanol–water partition coefficient (Wildman–Crippen LogP) is 7.10. The largest absolute Gasteiger partial charge is 0.427 e. The molecule has 8 heteroatoms. The third kappa shape index (κ3) is 6.80. The van der Waals surface area contributed by atoms with Gasteiger partial charge in [-0.25, -0.2) is 0 Å². The first-order valence-corrected chi connectivity index (χ1v) is 13.6. The van der Waals surface area contributed by atoms with Gasteiger partial charge in [-0.1, -0.05) is 71.9 Å². The fraction of sp³-hybridized carbons (Fsp3) is 0.333. The average molecular weight is 517 g/mol. The van der Waals surface area contributed by atoms with E-state index in [0.29, 0.717) is 11.5 Å². The van der Waals surface area contributed by atoms with E-state index in [9.17, 15) is 9.79 Å². The van der Waals surface area contributed by atoms with Crippen molar-refractivity contribution in [3.8, 4) is 33.8 Å². The molecule has 0 bridgehead atoms. The molecule has 0 saturated carbocycles. The van der Waals surface area contributed by atoms with E-state index in [2.05, 4.69) is 60.6 Å². The fourth-order valence-corrected chi connectivity index (χ4v) is 4.91. The van der Waals surface area contributed by atoms with Crippen molar-refractivity contribution in [3.05, 3.63) is 71.3 Å². The highest BCUT2D eigenvalue weighted by Gasteiger charge is 2.26. The molecule has 0 radical (unpaired) electrons. The summed E-state index contributed by atoms with van der Waals surface area (Å²) < 4.78 is 10.3. The highest BCUT2D eigenvalue weighted by atomic mass is 31.2. The lowest BCUT2D eigenvalue weighted by molar-refractivity contribution is 0.373. The normalized spacial score (nSPS) is 12.4. The van der Waals surface area contributed by atoms with Crippen LogP contribution in [0.1, 0.15) is 58.2 Å². The van der Waals surface area contributed by atoms with Crippen molar-refractivity contribution in [1.82, 2.24) is 0 Å². The smallest absolute Gasteiger partial charge is 0.391 e. The molecule has 0 amide bonds. The summed E-state index contributed by atoms with van der Waals surface area (Å²) >= 11 is 0. The molecule has 0 unspecified atom stereocenters. The zero-order valence-electron chi connectivity index (χ0n) is 21.2. The molecular formula is C27H34O6P2. The van der Waals surface area contributed by atoms with Crippen LogP contribution in [-0.4, -0.2) is 19.6 Å². The summed E-state index contributed by atoms with van der Waals surface area (Å²) in [6, 6.07) is 17.0. The molecule has 0 heterocycles. The topological polar surface area (TPSA) is 99.4 Å². The second kappa shape index (κ2) is 10.5. The molecule has 0 aliphatic carbocycles. The van der Waals surface area contributed by atoms with Crippen LogP contribution in [0.15, 0.2) is 54.6 Å². The SMILES string of the molecule is Cc1cc(-c2cc(OP(O)O)ccc2-c2ccc(OP(O)O)cc2)c(C(C)(C)C)cc1C(C)(C)C. The van der Waals surface area contributed by atoms with Crippen LogP contribution < -0.4 is 9.05 Å². The Morgan fingerprint density at radius 2 is 1.09 bits per heavy atom. The number of aryl methyl sites for hydroxylation is 1. The minimum atomic E-state index is -2.55. The van der Waals surface area contributed by atoms with Crippen LogP contribution >= 0.6 is 17.2 Å². The van der Waals surface area contributed by atoms with E-state index in [1.807, 2.05) is 24.3 Å². The third-order valence-corrected chi connectivity index (χ3v) is 6.55. The lowest BCUT2D eigenvalue weighted by Gasteiger charge is -2.30. The standard InChI is InChI=1S/C27H34O6P2/c1-17-14-23(25(27(5,6)7)16-24(17)26(2,3)4)22-15-20(33-35(30)31)12-13-21(22)18-8-10-19(11-9-18)32-34(28)29/h8-16,28-31H,1-7H3. The van der Waals surface area contributed by atoms with Crippen LogP contribution in [0, 0.1) is 6.92 Å². The Morgan fingerprint density at radius 3 is 1.60 bits per heavy atom. The van der Waals surface area contributed by atoms with Crippen molar-refractivity contribution >= 4 is 17.2 Å². The molecule has 0 spiro atoms. The van der Waals surface area contributed by atoms with E-state index >= 15 is 0 Å². The van der Waals surface area contributed by atoms with Gasteiger partial charge >= 0.3 is 17.2 Å². The van der Waals surface area contributed by atoms with Gasteiger partial charge in [0.15, 0.2) is 0 Å². The summed E-state index contributed by atoms with van der Waals surface area (Å²) in [5.74, 6) is 0.724. The predicted molar refractivity (Wildman–Crippen MR) is 143 cm³/mol. The highest BCUT2D eigenvalue weighted by Crippen LogP contribution is 2.44. The summed E-state index contributed by atoms with van der Waals surface area (Å²) in [6.45, 7) is 15.3. The summed E-state index contributed by atoms with van der Waals surface area (Å²) in [5.41, 5.74) is 7.20. The van der Waals surface area contributed by atoms with E-state index < -0.39 is 17.2 Å². The van der Waals surface area contributed by atoms with Crippen molar-refractivity contribution in [2.75, 3.05) is 0 Å². The number of rotatable bonds is 6. The monoisotopic (exact) mass is 516 g/mol. The van der Waals surface area contributed by atoms with E-state index in [0.717, 1.165) is 22.3 Å². The molecular weight excluding hydrogens is 482 g/mol. The Bertz CT molecular complexity index is 1180. The van der Waals surface area contributed by atoms with Crippen molar-refractivity contribution in [2.24, 2.45) is 0 Å². The Balaban J connectivity index is 2.29. The zero-order chi connectivity index (χ0) is 26.1. The molecule has 0 aliphatic rings. The second-order valence-electron chi connectivity index (χ2n) is 10.6. The minimum absolute atomic E-state index is 0.0192. The lowest BCUT2D eigenvalue weighted by atomic mass is 9.74. The molecule has 35 heavy (non-hydrogen) atoms. The minimum Gasteiger partial charge on any atom is -0.427 e. The van der Waals surface area contributed by atoms with Gasteiger partial charge in [-0.15, -0.1) is 0 Å². The van der Waals surface area contributed by atoms with Gasteiger partial charge in [-0.05, 0) is 81.0 Å². The van der Waals surface area contributed by atoms with Gasteiger partial charge in [0.2, 0.25) is 0 Å². The van der Waals surface area contributed by atoms with Gasteiger partial charge in [0.05, 0.1) is 0 Å². The number of hydrogen-bond acceptors (Lipinski definition) is 6. The van der Waals surface area contributed by atoms with Crippen molar-refractivity contribution < 1.29 is 28.6 Å². The summed E-state index contributed by atoms with van der Waals surface area (Å²) in [6.07, 6.45) is 0. The molecule has 4 N–H and O–H groups in total. The second-order valence-corrected chi connectivity index (χ2v) is 12.0. The Morgan fingerprint density at radius 1 is 0.571 bits per heavy atom. The van der Waals surface area contributed by atoms with Crippen LogP contribution in [0.5, 0.6) is 11.5 Å². The molecule has 0 saturated heterocycles. The molecule has 188 valence electrons. The molecule has 0 aliphatic heterocycles. The van der Waals surface area contributed by atoms with Gasteiger partial charge in [0, 0.05) is 0 Å².